The van der Waals surface area contributed by atoms with Crippen LogP contribution in [0.15, 0.2) is 34.9 Å². The molecule has 2 N–H and O–H groups in total. The van der Waals surface area contributed by atoms with E-state index in [1.165, 1.54) is 5.56 Å². The number of hydrogen-bond acceptors (Lipinski definition) is 4. The Morgan fingerprint density at radius 2 is 2.05 bits per heavy atom. The van der Waals surface area contributed by atoms with Crippen LogP contribution in [0, 0.1) is 6.92 Å². The molecule has 0 fully saturated rings. The molecule has 4 heteroatoms. The van der Waals surface area contributed by atoms with E-state index in [-0.39, 0.29) is 6.04 Å². The van der Waals surface area contributed by atoms with Crippen LogP contribution in [0.2, 0.25) is 0 Å². The Morgan fingerprint density at radius 1 is 1.32 bits per heavy atom. The smallest absolute Gasteiger partial charge is 0.147 e. The van der Waals surface area contributed by atoms with Crippen molar-refractivity contribution in [3.8, 4) is 11.3 Å². The quantitative estimate of drug-likeness (QED) is 0.875. The standard InChI is InChI=1S/C15H20N2OS/c1-3-13(16)9-19-10-14-8-15(17-18-14)12-6-4-11(2)5-7-12/h4-8,13H,3,9-10,16H2,1-2H3. The molecular formula is C15H20N2OS. The van der Waals surface area contributed by atoms with Crippen molar-refractivity contribution in [2.75, 3.05) is 5.75 Å². The fourth-order valence-corrected chi connectivity index (χ4v) is 2.66. The van der Waals surface area contributed by atoms with Gasteiger partial charge < -0.3 is 10.3 Å². The molecule has 0 aliphatic heterocycles. The first-order valence-corrected chi connectivity index (χ1v) is 7.70. The zero-order valence-electron chi connectivity index (χ0n) is 11.4. The van der Waals surface area contributed by atoms with Gasteiger partial charge in [-0.15, -0.1) is 0 Å². The van der Waals surface area contributed by atoms with E-state index in [0.29, 0.717) is 0 Å². The van der Waals surface area contributed by atoms with Crippen molar-refractivity contribution in [1.29, 1.82) is 0 Å². The van der Waals surface area contributed by atoms with E-state index in [4.69, 9.17) is 10.3 Å². The third-order valence-electron chi connectivity index (χ3n) is 3.01. The number of aromatic nitrogens is 1. The van der Waals surface area contributed by atoms with Gasteiger partial charge in [0.2, 0.25) is 0 Å². The Balaban J connectivity index is 1.93. The lowest BCUT2D eigenvalue weighted by molar-refractivity contribution is 0.397. The average molecular weight is 276 g/mol. The van der Waals surface area contributed by atoms with Gasteiger partial charge in [-0.2, -0.15) is 11.8 Å². The zero-order chi connectivity index (χ0) is 13.7. The Kier molecular flexibility index (Phi) is 5.05. The number of aryl methyl sites for hydroxylation is 1. The summed E-state index contributed by atoms with van der Waals surface area (Å²) in [5.41, 5.74) is 9.12. The molecule has 19 heavy (non-hydrogen) atoms. The monoisotopic (exact) mass is 276 g/mol. The van der Waals surface area contributed by atoms with Crippen LogP contribution in [0.4, 0.5) is 0 Å². The average Bonchev–Trinajstić information content (AvgIpc) is 2.88. The van der Waals surface area contributed by atoms with Crippen LogP contribution in [-0.4, -0.2) is 17.0 Å². The number of thioether (sulfide) groups is 1. The van der Waals surface area contributed by atoms with Crippen LogP contribution < -0.4 is 5.73 Å². The highest BCUT2D eigenvalue weighted by atomic mass is 32.2. The summed E-state index contributed by atoms with van der Waals surface area (Å²) in [7, 11) is 0. The molecule has 2 rings (SSSR count). The van der Waals surface area contributed by atoms with Gasteiger partial charge in [-0.3, -0.25) is 0 Å². The van der Waals surface area contributed by atoms with Crippen LogP contribution in [0.5, 0.6) is 0 Å². The minimum atomic E-state index is 0.268. The van der Waals surface area contributed by atoms with Gasteiger partial charge in [0.15, 0.2) is 0 Å². The highest BCUT2D eigenvalue weighted by molar-refractivity contribution is 7.98. The van der Waals surface area contributed by atoms with Gasteiger partial charge >= 0.3 is 0 Å². The molecule has 102 valence electrons. The summed E-state index contributed by atoms with van der Waals surface area (Å²) in [6.07, 6.45) is 1.01. The van der Waals surface area contributed by atoms with Crippen LogP contribution in [-0.2, 0) is 5.75 Å². The van der Waals surface area contributed by atoms with Gasteiger partial charge in [0.25, 0.3) is 0 Å². The van der Waals surface area contributed by atoms with E-state index < -0.39 is 0 Å². The molecule has 0 saturated heterocycles. The number of hydrogen-bond donors (Lipinski definition) is 1. The molecule has 0 spiro atoms. The van der Waals surface area contributed by atoms with Crippen molar-refractivity contribution >= 4 is 11.8 Å². The van der Waals surface area contributed by atoms with Gasteiger partial charge in [0.05, 0.1) is 5.75 Å². The summed E-state index contributed by atoms with van der Waals surface area (Å²) in [5.74, 6) is 2.69. The summed E-state index contributed by atoms with van der Waals surface area (Å²) in [6.45, 7) is 4.18. The zero-order valence-corrected chi connectivity index (χ0v) is 12.2. The van der Waals surface area contributed by atoms with Crippen molar-refractivity contribution in [1.82, 2.24) is 5.16 Å². The predicted octanol–water partition coefficient (Wildman–Crippen LogP) is 3.62. The fraction of sp³-hybridized carbons (Fsp3) is 0.400. The highest BCUT2D eigenvalue weighted by Crippen LogP contribution is 2.22. The first-order chi connectivity index (χ1) is 9.19. The lowest BCUT2D eigenvalue weighted by Crippen LogP contribution is -2.21. The number of nitrogens with two attached hydrogens (primary N) is 1. The van der Waals surface area contributed by atoms with E-state index in [1.807, 2.05) is 6.07 Å². The van der Waals surface area contributed by atoms with Crippen molar-refractivity contribution in [3.05, 3.63) is 41.7 Å². The highest BCUT2D eigenvalue weighted by Gasteiger charge is 2.07. The van der Waals surface area contributed by atoms with Crippen molar-refractivity contribution in [2.45, 2.75) is 32.1 Å². The minimum Gasteiger partial charge on any atom is -0.360 e. The topological polar surface area (TPSA) is 52.0 Å². The van der Waals surface area contributed by atoms with E-state index >= 15 is 0 Å². The molecule has 0 saturated carbocycles. The second-order valence-corrected chi connectivity index (χ2v) is 5.76. The van der Waals surface area contributed by atoms with Crippen LogP contribution >= 0.6 is 11.8 Å². The van der Waals surface area contributed by atoms with Gasteiger partial charge in [-0.1, -0.05) is 41.9 Å². The maximum atomic E-state index is 5.88. The van der Waals surface area contributed by atoms with Crippen molar-refractivity contribution < 1.29 is 4.52 Å². The Bertz CT molecular complexity index is 507. The van der Waals surface area contributed by atoms with Crippen molar-refractivity contribution in [3.63, 3.8) is 0 Å². The molecule has 0 aliphatic rings. The molecule has 1 unspecified atom stereocenters. The van der Waals surface area contributed by atoms with E-state index in [9.17, 15) is 0 Å². The van der Waals surface area contributed by atoms with E-state index in [2.05, 4.69) is 43.3 Å². The molecule has 1 atom stereocenters. The molecule has 0 radical (unpaired) electrons. The minimum absolute atomic E-state index is 0.268. The summed E-state index contributed by atoms with van der Waals surface area (Å²) >= 11 is 1.79. The Hall–Kier alpha value is -1.26. The second kappa shape index (κ2) is 6.78. The Morgan fingerprint density at radius 3 is 2.74 bits per heavy atom. The SMILES string of the molecule is CCC(N)CSCc1cc(-c2ccc(C)cc2)no1. The van der Waals surface area contributed by atoms with Gasteiger partial charge in [-0.25, -0.2) is 0 Å². The summed E-state index contributed by atoms with van der Waals surface area (Å²) in [6, 6.07) is 10.6. The summed E-state index contributed by atoms with van der Waals surface area (Å²) in [4.78, 5) is 0. The van der Waals surface area contributed by atoms with Gasteiger partial charge in [-0.05, 0) is 13.3 Å². The molecule has 1 aromatic heterocycles. The largest absolute Gasteiger partial charge is 0.360 e. The molecule has 0 bridgehead atoms. The molecule has 1 aromatic carbocycles. The van der Waals surface area contributed by atoms with E-state index in [0.717, 1.165) is 34.9 Å². The van der Waals surface area contributed by atoms with Crippen LogP contribution in [0.3, 0.4) is 0 Å². The number of rotatable bonds is 6. The van der Waals surface area contributed by atoms with E-state index in [1.54, 1.807) is 11.8 Å². The first kappa shape index (κ1) is 14.2. The first-order valence-electron chi connectivity index (χ1n) is 6.55. The molecule has 2 aromatic rings. The molecular weight excluding hydrogens is 256 g/mol. The third-order valence-corrected chi connectivity index (χ3v) is 4.16. The maximum Gasteiger partial charge on any atom is 0.147 e. The fourth-order valence-electron chi connectivity index (χ4n) is 1.67. The predicted molar refractivity (Wildman–Crippen MR) is 81.1 cm³/mol. The molecule has 0 aliphatic carbocycles. The van der Waals surface area contributed by atoms with Crippen LogP contribution in [0.1, 0.15) is 24.7 Å². The number of nitrogens with zero attached hydrogens (tertiary/aromatic N) is 1. The lowest BCUT2D eigenvalue weighted by atomic mass is 10.1. The van der Waals surface area contributed by atoms with Crippen molar-refractivity contribution in [2.24, 2.45) is 5.73 Å². The Labute approximate surface area is 118 Å². The lowest BCUT2D eigenvalue weighted by Gasteiger charge is -2.05. The summed E-state index contributed by atoms with van der Waals surface area (Å²) in [5, 5.41) is 4.11. The molecule has 3 nitrogen and oxygen atoms in total. The van der Waals surface area contributed by atoms with Crippen LogP contribution in [0.25, 0.3) is 11.3 Å². The maximum absolute atomic E-state index is 5.88. The third kappa shape index (κ3) is 4.11. The molecule has 0 amide bonds. The number of benzene rings is 1. The summed E-state index contributed by atoms with van der Waals surface area (Å²) < 4.78 is 5.35. The van der Waals surface area contributed by atoms with Gasteiger partial charge in [0.1, 0.15) is 11.5 Å². The normalized spacial score (nSPS) is 12.6. The second-order valence-electron chi connectivity index (χ2n) is 4.73. The molecule has 1 heterocycles. The van der Waals surface area contributed by atoms with Gasteiger partial charge in [0, 0.05) is 23.4 Å².